The fourth-order valence-corrected chi connectivity index (χ4v) is 2.78. The van der Waals surface area contributed by atoms with Gasteiger partial charge >= 0.3 is 0 Å². The summed E-state index contributed by atoms with van der Waals surface area (Å²) in [5.74, 6) is 0. The second-order valence-corrected chi connectivity index (χ2v) is 4.59. The van der Waals surface area contributed by atoms with Crippen molar-refractivity contribution in [2.45, 2.75) is 31.8 Å². The minimum atomic E-state index is 0.605. The molecule has 2 aliphatic heterocycles. The van der Waals surface area contributed by atoms with Crippen molar-refractivity contribution in [2.24, 2.45) is 5.11 Å². The van der Waals surface area contributed by atoms with Gasteiger partial charge in [0.25, 0.3) is 0 Å². The third-order valence-corrected chi connectivity index (χ3v) is 3.62. The molecule has 2 fully saturated rings. The van der Waals surface area contributed by atoms with Crippen LogP contribution in [0.3, 0.4) is 0 Å². The number of hydrogen-bond acceptors (Lipinski definition) is 3. The molecule has 0 bridgehead atoms. The van der Waals surface area contributed by atoms with Crippen molar-refractivity contribution in [1.29, 1.82) is 0 Å². The predicted molar refractivity (Wildman–Crippen MR) is 59.6 cm³/mol. The van der Waals surface area contributed by atoms with E-state index in [1.165, 1.54) is 25.9 Å². The third-order valence-electron chi connectivity index (χ3n) is 3.62. The first kappa shape index (κ1) is 10.7. The van der Waals surface area contributed by atoms with E-state index in [-0.39, 0.29) is 0 Å². The van der Waals surface area contributed by atoms with Crippen molar-refractivity contribution in [3.63, 3.8) is 0 Å². The summed E-state index contributed by atoms with van der Waals surface area (Å²) in [5.41, 5.74) is 8.24. The van der Waals surface area contributed by atoms with Gasteiger partial charge in [-0.1, -0.05) is 5.11 Å². The molecule has 2 aliphatic rings. The zero-order valence-corrected chi connectivity index (χ0v) is 9.34. The highest BCUT2D eigenvalue weighted by molar-refractivity contribution is 4.90. The van der Waals surface area contributed by atoms with Crippen LogP contribution in [0.5, 0.6) is 0 Å². The van der Waals surface area contributed by atoms with Crippen LogP contribution in [-0.4, -0.2) is 54.6 Å². The van der Waals surface area contributed by atoms with Crippen LogP contribution in [0.25, 0.3) is 10.4 Å². The second-order valence-electron chi connectivity index (χ2n) is 4.59. The van der Waals surface area contributed by atoms with Gasteiger partial charge in [-0.05, 0) is 31.8 Å². The van der Waals surface area contributed by atoms with Crippen molar-refractivity contribution in [2.75, 3.05) is 32.7 Å². The summed E-state index contributed by atoms with van der Waals surface area (Å²) < 4.78 is 0. The zero-order valence-electron chi connectivity index (χ0n) is 9.34. The van der Waals surface area contributed by atoms with E-state index in [1.54, 1.807) is 0 Å². The van der Waals surface area contributed by atoms with Gasteiger partial charge in [-0.25, -0.2) is 0 Å². The van der Waals surface area contributed by atoms with Gasteiger partial charge in [-0.15, -0.1) is 0 Å². The minimum absolute atomic E-state index is 0.605. The molecule has 0 aliphatic carbocycles. The summed E-state index contributed by atoms with van der Waals surface area (Å²) in [6.45, 7) is 7.40. The molecule has 5 nitrogen and oxygen atoms in total. The summed E-state index contributed by atoms with van der Waals surface area (Å²) >= 11 is 0. The first-order valence-corrected chi connectivity index (χ1v) is 5.80. The van der Waals surface area contributed by atoms with Gasteiger partial charge in [0.15, 0.2) is 0 Å². The van der Waals surface area contributed by atoms with E-state index in [0.717, 1.165) is 19.1 Å². The Labute approximate surface area is 90.7 Å². The lowest BCUT2D eigenvalue weighted by Crippen LogP contribution is -2.55. The Kier molecular flexibility index (Phi) is 3.46. The molecule has 0 aromatic rings. The molecule has 15 heavy (non-hydrogen) atoms. The van der Waals surface area contributed by atoms with E-state index in [1.807, 2.05) is 0 Å². The van der Waals surface area contributed by atoms with E-state index in [0.29, 0.717) is 12.6 Å². The van der Waals surface area contributed by atoms with Gasteiger partial charge in [0.2, 0.25) is 0 Å². The van der Waals surface area contributed by atoms with Crippen molar-refractivity contribution >= 4 is 0 Å². The third kappa shape index (κ3) is 2.43. The van der Waals surface area contributed by atoms with Crippen LogP contribution in [0.15, 0.2) is 5.11 Å². The molecular formula is C10H19N5. The van der Waals surface area contributed by atoms with E-state index in [2.05, 4.69) is 26.7 Å². The summed E-state index contributed by atoms with van der Waals surface area (Å²) in [5, 5.41) is 3.61. The number of nitrogens with zero attached hydrogens (tertiary/aromatic N) is 5. The predicted octanol–water partition coefficient (Wildman–Crippen LogP) is 1.47. The molecule has 0 aromatic heterocycles. The maximum absolute atomic E-state index is 8.24. The second kappa shape index (κ2) is 4.84. The highest BCUT2D eigenvalue weighted by atomic mass is 15.3. The lowest BCUT2D eigenvalue weighted by molar-refractivity contribution is 0.0620. The Bertz CT molecular complexity index is 261. The average Bonchev–Trinajstić information content (AvgIpc) is 2.65. The molecule has 2 heterocycles. The largest absolute Gasteiger partial charge is 0.298 e. The SMILES string of the molecule is CC1CN2CCCC2CN1CCN=[N+]=[N-]. The Morgan fingerprint density at radius 1 is 1.47 bits per heavy atom. The Hall–Kier alpha value is -0.770. The van der Waals surface area contributed by atoms with E-state index in [4.69, 9.17) is 5.53 Å². The maximum Gasteiger partial charge on any atom is 0.0385 e. The van der Waals surface area contributed by atoms with Crippen LogP contribution in [-0.2, 0) is 0 Å². The molecule has 2 unspecified atom stereocenters. The Balaban J connectivity index is 1.86. The standard InChI is InChI=1S/C10H19N5/c1-9-7-15-5-2-3-10(15)8-14(9)6-4-12-13-11/h9-10H,2-8H2,1H3. The number of hydrogen-bond donors (Lipinski definition) is 0. The molecule has 0 radical (unpaired) electrons. The summed E-state index contributed by atoms with van der Waals surface area (Å²) in [6.07, 6.45) is 2.69. The topological polar surface area (TPSA) is 55.2 Å². The van der Waals surface area contributed by atoms with Gasteiger partial charge in [0.1, 0.15) is 0 Å². The first-order valence-electron chi connectivity index (χ1n) is 5.80. The lowest BCUT2D eigenvalue weighted by atomic mass is 10.1. The molecule has 0 N–H and O–H groups in total. The Morgan fingerprint density at radius 2 is 2.33 bits per heavy atom. The first-order chi connectivity index (χ1) is 7.31. The fraction of sp³-hybridized carbons (Fsp3) is 1.00. The molecule has 0 spiro atoms. The lowest BCUT2D eigenvalue weighted by Gasteiger charge is -2.42. The van der Waals surface area contributed by atoms with Crippen LogP contribution < -0.4 is 0 Å². The highest BCUT2D eigenvalue weighted by Gasteiger charge is 2.33. The van der Waals surface area contributed by atoms with Crippen molar-refractivity contribution in [3.05, 3.63) is 10.4 Å². The summed E-state index contributed by atoms with van der Waals surface area (Å²) in [7, 11) is 0. The number of rotatable bonds is 3. The van der Waals surface area contributed by atoms with Gasteiger partial charge in [0, 0.05) is 43.2 Å². The number of azide groups is 1. The fourth-order valence-electron chi connectivity index (χ4n) is 2.78. The van der Waals surface area contributed by atoms with E-state index in [9.17, 15) is 0 Å². The number of piperazine rings is 1. The van der Waals surface area contributed by atoms with Crippen LogP contribution >= 0.6 is 0 Å². The molecule has 0 aromatic carbocycles. The number of fused-ring (bicyclic) bond motifs is 1. The van der Waals surface area contributed by atoms with E-state index < -0.39 is 0 Å². The van der Waals surface area contributed by atoms with Crippen molar-refractivity contribution in [3.8, 4) is 0 Å². The van der Waals surface area contributed by atoms with Crippen LogP contribution in [0.2, 0.25) is 0 Å². The summed E-state index contributed by atoms with van der Waals surface area (Å²) in [6, 6.07) is 1.36. The van der Waals surface area contributed by atoms with Gasteiger partial charge in [-0.2, -0.15) is 0 Å². The highest BCUT2D eigenvalue weighted by Crippen LogP contribution is 2.24. The normalized spacial score (nSPS) is 32.3. The average molecular weight is 209 g/mol. The maximum atomic E-state index is 8.24. The van der Waals surface area contributed by atoms with Gasteiger partial charge in [0.05, 0.1) is 0 Å². The molecule has 5 heteroatoms. The molecule has 84 valence electrons. The van der Waals surface area contributed by atoms with E-state index >= 15 is 0 Å². The van der Waals surface area contributed by atoms with Gasteiger partial charge < -0.3 is 0 Å². The van der Waals surface area contributed by atoms with Gasteiger partial charge in [-0.3, -0.25) is 9.80 Å². The molecular weight excluding hydrogens is 190 g/mol. The minimum Gasteiger partial charge on any atom is -0.298 e. The molecule has 2 rings (SSSR count). The van der Waals surface area contributed by atoms with Crippen LogP contribution in [0, 0.1) is 0 Å². The zero-order chi connectivity index (χ0) is 10.7. The van der Waals surface area contributed by atoms with Crippen molar-refractivity contribution < 1.29 is 0 Å². The molecule has 2 saturated heterocycles. The summed E-state index contributed by atoms with van der Waals surface area (Å²) in [4.78, 5) is 7.86. The molecule has 2 atom stereocenters. The monoisotopic (exact) mass is 209 g/mol. The van der Waals surface area contributed by atoms with Crippen LogP contribution in [0.4, 0.5) is 0 Å². The smallest absolute Gasteiger partial charge is 0.0385 e. The molecule has 0 amide bonds. The quantitative estimate of drug-likeness (QED) is 0.401. The van der Waals surface area contributed by atoms with Crippen LogP contribution in [0.1, 0.15) is 19.8 Å². The van der Waals surface area contributed by atoms with Crippen molar-refractivity contribution in [1.82, 2.24) is 9.80 Å². The Morgan fingerprint density at radius 3 is 3.13 bits per heavy atom. The molecule has 0 saturated carbocycles.